The fourth-order valence-electron chi connectivity index (χ4n) is 8.26. The van der Waals surface area contributed by atoms with E-state index in [1.54, 1.807) is 0 Å². The van der Waals surface area contributed by atoms with Crippen molar-refractivity contribution in [3.63, 3.8) is 0 Å². The molecule has 0 spiro atoms. The maximum absolute atomic E-state index is 12.9. The van der Waals surface area contributed by atoms with E-state index in [2.05, 4.69) is 81.5 Å². The predicted octanol–water partition coefficient (Wildman–Crippen LogP) is 19.6. The minimum Gasteiger partial charge on any atom is -0.462 e. The number of hydrogen-bond donors (Lipinski definition) is 0. The second kappa shape index (κ2) is 56.7. The second-order valence-electron chi connectivity index (χ2n) is 19.5. The zero-order chi connectivity index (χ0) is 49.3. The van der Waals surface area contributed by atoms with Gasteiger partial charge in [-0.15, -0.1) is 0 Å². The van der Waals surface area contributed by atoms with Crippen LogP contribution in [-0.2, 0) is 28.6 Å². The van der Waals surface area contributed by atoms with Crippen molar-refractivity contribution in [2.45, 2.75) is 303 Å². The highest BCUT2D eigenvalue weighted by molar-refractivity contribution is 5.71. The van der Waals surface area contributed by atoms with Gasteiger partial charge >= 0.3 is 17.9 Å². The maximum Gasteiger partial charge on any atom is 0.306 e. The van der Waals surface area contributed by atoms with Gasteiger partial charge in [-0.2, -0.15) is 0 Å². The van der Waals surface area contributed by atoms with Crippen LogP contribution < -0.4 is 0 Å². The van der Waals surface area contributed by atoms with Gasteiger partial charge in [-0.3, -0.25) is 14.4 Å². The van der Waals surface area contributed by atoms with Crippen molar-refractivity contribution in [3.8, 4) is 0 Å². The average Bonchev–Trinajstić information content (AvgIpc) is 3.34. The van der Waals surface area contributed by atoms with Crippen molar-refractivity contribution in [1.82, 2.24) is 0 Å². The molecule has 68 heavy (non-hydrogen) atoms. The van der Waals surface area contributed by atoms with Crippen molar-refractivity contribution in [3.05, 3.63) is 60.8 Å². The largest absolute Gasteiger partial charge is 0.462 e. The lowest BCUT2D eigenvalue weighted by atomic mass is 10.1. The first-order valence-electron chi connectivity index (χ1n) is 29.3. The van der Waals surface area contributed by atoms with Crippen LogP contribution in [0.1, 0.15) is 297 Å². The summed E-state index contributed by atoms with van der Waals surface area (Å²) in [5.41, 5.74) is 0. The van der Waals surface area contributed by atoms with Crippen LogP contribution in [0, 0.1) is 0 Å². The molecule has 0 fully saturated rings. The molecule has 0 bridgehead atoms. The molecule has 0 aromatic carbocycles. The summed E-state index contributed by atoms with van der Waals surface area (Å²) in [6, 6.07) is 0. The Balaban J connectivity index is 4.37. The standard InChI is InChI=1S/C62H110O6/c1-4-7-10-13-16-19-22-25-27-29-31-33-35-37-40-43-46-49-52-55-61(64)67-58-59(57-66-60(63)54-51-48-45-42-39-24-21-18-15-12-9-6-3)68-62(65)56-53-50-47-44-41-38-36-34-32-30-28-26-23-20-17-14-11-8-5-2/h16,18-19,21,25,27,30-33,59H,4-15,17,20,22-24,26,28-29,34-58H2,1-3H3/b19-16-,21-18-,27-25-,32-30-,33-31-/t59-/m1/s1. The van der Waals surface area contributed by atoms with Crippen LogP contribution in [0.25, 0.3) is 0 Å². The minimum absolute atomic E-state index is 0.0838. The number of hydrogen-bond acceptors (Lipinski definition) is 6. The van der Waals surface area contributed by atoms with Gasteiger partial charge in [-0.25, -0.2) is 0 Å². The fourth-order valence-corrected chi connectivity index (χ4v) is 8.26. The van der Waals surface area contributed by atoms with E-state index >= 15 is 0 Å². The van der Waals surface area contributed by atoms with E-state index in [0.29, 0.717) is 19.3 Å². The number of carbonyl (C=O) groups is 3. The molecule has 0 N–H and O–H groups in total. The topological polar surface area (TPSA) is 78.9 Å². The molecule has 0 saturated carbocycles. The Bertz CT molecular complexity index is 1230. The highest BCUT2D eigenvalue weighted by atomic mass is 16.6. The third-order valence-corrected chi connectivity index (χ3v) is 12.7. The highest BCUT2D eigenvalue weighted by Gasteiger charge is 2.19. The molecule has 0 radical (unpaired) electrons. The van der Waals surface area contributed by atoms with Crippen LogP contribution in [0.2, 0.25) is 0 Å². The van der Waals surface area contributed by atoms with E-state index in [4.69, 9.17) is 14.2 Å². The van der Waals surface area contributed by atoms with E-state index in [9.17, 15) is 14.4 Å². The van der Waals surface area contributed by atoms with Crippen LogP contribution in [0.3, 0.4) is 0 Å². The first-order valence-corrected chi connectivity index (χ1v) is 29.3. The van der Waals surface area contributed by atoms with Gasteiger partial charge in [0, 0.05) is 19.3 Å². The summed E-state index contributed by atoms with van der Waals surface area (Å²) in [6.07, 6.45) is 70.6. The van der Waals surface area contributed by atoms with E-state index < -0.39 is 6.10 Å². The Morgan fingerprint density at radius 2 is 0.529 bits per heavy atom. The number of unbranched alkanes of at least 4 members (excludes halogenated alkanes) is 32. The van der Waals surface area contributed by atoms with Gasteiger partial charge in [0.2, 0.25) is 0 Å². The van der Waals surface area contributed by atoms with E-state index in [1.165, 1.54) is 173 Å². The molecule has 0 unspecified atom stereocenters. The number of allylic oxidation sites excluding steroid dienone is 10. The van der Waals surface area contributed by atoms with E-state index in [0.717, 1.165) is 83.5 Å². The molecular formula is C62H110O6. The van der Waals surface area contributed by atoms with Crippen LogP contribution in [-0.4, -0.2) is 37.2 Å². The lowest BCUT2D eigenvalue weighted by Gasteiger charge is -2.18. The molecule has 6 nitrogen and oxygen atoms in total. The molecule has 394 valence electrons. The Morgan fingerprint density at radius 3 is 0.868 bits per heavy atom. The molecule has 0 aliphatic carbocycles. The van der Waals surface area contributed by atoms with Gasteiger partial charge in [0.05, 0.1) is 0 Å². The summed E-state index contributed by atoms with van der Waals surface area (Å²) in [4.78, 5) is 38.1. The summed E-state index contributed by atoms with van der Waals surface area (Å²) in [6.45, 7) is 6.59. The SMILES string of the molecule is CCCCC/C=C\C/C=C\C/C=C\CCCCCCCCC(=O)OC[C@@H](COC(=O)CCCCCCC/C=C\CCCCC)OC(=O)CCCCCCCCC/C=C\CCCCCCCCCC. The summed E-state index contributed by atoms with van der Waals surface area (Å²) >= 11 is 0. The Kier molecular flexibility index (Phi) is 54.3. The molecule has 0 aromatic rings. The summed E-state index contributed by atoms with van der Waals surface area (Å²) in [7, 11) is 0. The van der Waals surface area contributed by atoms with Crippen LogP contribution in [0.5, 0.6) is 0 Å². The summed E-state index contributed by atoms with van der Waals surface area (Å²) in [5.74, 6) is -0.899. The molecule has 0 heterocycles. The molecule has 1 atom stereocenters. The number of esters is 3. The fraction of sp³-hybridized carbons (Fsp3) is 0.790. The molecular weight excluding hydrogens is 841 g/mol. The Labute approximate surface area is 421 Å². The second-order valence-corrected chi connectivity index (χ2v) is 19.5. The van der Waals surface area contributed by atoms with Gasteiger partial charge in [0.1, 0.15) is 13.2 Å². The number of ether oxygens (including phenoxy) is 3. The van der Waals surface area contributed by atoms with Crippen molar-refractivity contribution < 1.29 is 28.6 Å². The summed E-state index contributed by atoms with van der Waals surface area (Å²) < 4.78 is 16.9. The molecule has 6 heteroatoms. The third-order valence-electron chi connectivity index (χ3n) is 12.7. The smallest absolute Gasteiger partial charge is 0.306 e. The van der Waals surface area contributed by atoms with Crippen molar-refractivity contribution >= 4 is 17.9 Å². The quantitative estimate of drug-likeness (QED) is 0.0262. The normalized spacial score (nSPS) is 12.5. The van der Waals surface area contributed by atoms with E-state index in [-0.39, 0.29) is 31.1 Å². The zero-order valence-electron chi connectivity index (χ0n) is 45.1. The van der Waals surface area contributed by atoms with Gasteiger partial charge in [0.25, 0.3) is 0 Å². The van der Waals surface area contributed by atoms with Crippen molar-refractivity contribution in [1.29, 1.82) is 0 Å². The summed E-state index contributed by atoms with van der Waals surface area (Å²) in [5, 5.41) is 0. The monoisotopic (exact) mass is 951 g/mol. The lowest BCUT2D eigenvalue weighted by Crippen LogP contribution is -2.30. The zero-order valence-corrected chi connectivity index (χ0v) is 45.1. The molecule has 0 aliphatic rings. The Morgan fingerprint density at radius 1 is 0.294 bits per heavy atom. The van der Waals surface area contributed by atoms with Crippen LogP contribution in [0.15, 0.2) is 60.8 Å². The van der Waals surface area contributed by atoms with Gasteiger partial charge in [-0.05, 0) is 109 Å². The maximum atomic E-state index is 12.9. The average molecular weight is 952 g/mol. The van der Waals surface area contributed by atoms with Crippen molar-refractivity contribution in [2.75, 3.05) is 13.2 Å². The van der Waals surface area contributed by atoms with E-state index in [1.807, 2.05) is 0 Å². The molecule has 0 amide bonds. The Hall–Kier alpha value is -2.89. The first kappa shape index (κ1) is 65.1. The van der Waals surface area contributed by atoms with Gasteiger partial charge in [-0.1, -0.05) is 229 Å². The van der Waals surface area contributed by atoms with Crippen LogP contribution >= 0.6 is 0 Å². The van der Waals surface area contributed by atoms with Crippen LogP contribution in [0.4, 0.5) is 0 Å². The first-order chi connectivity index (χ1) is 33.5. The number of carbonyl (C=O) groups excluding carboxylic acids is 3. The minimum atomic E-state index is -0.785. The molecule has 0 aromatic heterocycles. The number of rotatable bonds is 53. The third kappa shape index (κ3) is 54.1. The predicted molar refractivity (Wildman–Crippen MR) is 293 cm³/mol. The van der Waals surface area contributed by atoms with Gasteiger partial charge < -0.3 is 14.2 Å². The van der Waals surface area contributed by atoms with Crippen molar-refractivity contribution in [2.24, 2.45) is 0 Å². The molecule has 0 saturated heterocycles. The lowest BCUT2D eigenvalue weighted by molar-refractivity contribution is -0.167. The van der Waals surface area contributed by atoms with Gasteiger partial charge in [0.15, 0.2) is 6.10 Å². The molecule has 0 aliphatic heterocycles. The molecule has 0 rings (SSSR count). The highest BCUT2D eigenvalue weighted by Crippen LogP contribution is 2.15.